The lowest BCUT2D eigenvalue weighted by molar-refractivity contribution is -0.145. The van der Waals surface area contributed by atoms with Crippen LogP contribution in [0.5, 0.6) is 0 Å². The van der Waals surface area contributed by atoms with Gasteiger partial charge in [0.15, 0.2) is 0 Å². The summed E-state index contributed by atoms with van der Waals surface area (Å²) >= 11 is 6.50. The van der Waals surface area contributed by atoms with Crippen LogP contribution in [0.3, 0.4) is 0 Å². The minimum Gasteiger partial charge on any atom is -0.479 e. The Morgan fingerprint density at radius 2 is 1.93 bits per heavy atom. The summed E-state index contributed by atoms with van der Waals surface area (Å²) in [5.41, 5.74) is -2.68. The molecule has 12 nitrogen and oxygen atoms in total. The molecule has 1 saturated heterocycles. The number of amides is 3. The van der Waals surface area contributed by atoms with Gasteiger partial charge in [-0.05, 0) is 78.3 Å². The zero-order valence-electron chi connectivity index (χ0n) is 23.2. The second kappa shape index (κ2) is 12.2. The highest BCUT2D eigenvalue weighted by molar-refractivity contribution is 9.13. The molecule has 0 aromatic carbocycles. The number of nitrogens with zero attached hydrogens (tertiary/aromatic N) is 3. The Labute approximate surface area is 254 Å². The number of nitrogens with one attached hydrogen (secondary N) is 2. The molecule has 3 amide bonds. The van der Waals surface area contributed by atoms with E-state index in [0.717, 1.165) is 19.3 Å². The Hall–Kier alpha value is -2.74. The fourth-order valence-electron chi connectivity index (χ4n) is 5.39. The number of rotatable bonds is 3. The van der Waals surface area contributed by atoms with Gasteiger partial charge < -0.3 is 25.4 Å². The van der Waals surface area contributed by atoms with Crippen molar-refractivity contribution >= 4 is 55.7 Å². The highest BCUT2D eigenvalue weighted by Crippen LogP contribution is 2.45. The van der Waals surface area contributed by atoms with E-state index in [-0.39, 0.29) is 29.8 Å². The summed E-state index contributed by atoms with van der Waals surface area (Å²) in [6.07, 6.45) is 8.04. The number of aromatic nitrogens is 2. The maximum Gasteiger partial charge on any atom is 0.408 e. The van der Waals surface area contributed by atoms with Crippen LogP contribution in [0.25, 0.3) is 0 Å². The molecule has 1 saturated carbocycles. The third kappa shape index (κ3) is 7.02. The molecule has 0 radical (unpaired) electrons. The normalized spacial score (nSPS) is 29.0. The number of halogens is 2. The van der Waals surface area contributed by atoms with E-state index >= 15 is 0 Å². The lowest BCUT2D eigenvalue weighted by Gasteiger charge is -2.30. The van der Waals surface area contributed by atoms with Crippen LogP contribution in [-0.4, -0.2) is 73.4 Å². The largest absolute Gasteiger partial charge is 0.479 e. The lowest BCUT2D eigenvalue weighted by atomic mass is 10.0. The summed E-state index contributed by atoms with van der Waals surface area (Å²) < 4.78 is 7.31. The first kappa shape index (κ1) is 31.2. The zero-order chi connectivity index (χ0) is 30.1. The van der Waals surface area contributed by atoms with E-state index in [2.05, 4.69) is 47.6 Å². The van der Waals surface area contributed by atoms with Crippen molar-refractivity contribution in [1.29, 1.82) is 0 Å². The van der Waals surface area contributed by atoms with Gasteiger partial charge in [0.1, 0.15) is 27.7 Å². The number of hydrogen-bond acceptors (Lipinski definition) is 7. The second-order valence-electron chi connectivity index (χ2n) is 11.8. The number of allylic oxidation sites excluding steroid dienone is 1. The first-order chi connectivity index (χ1) is 19.2. The standard InChI is InChI=1S/C27H35Br2N5O7/c1-26(2,3)41-25(40)31-18-10-8-6-4-5-7-9-15-12-27(15,24(38)39)32-21(35)19-11-16(14-33(19)22(18)36)34-23(37)20(29)17(28)13-30-34/h7,9,13,15-16,18-19H,4-6,8,10-12,14H2,1-3H3,(H,31,40)(H,32,35)(H,38,39)/t15?,16-,18+,19+,27-/m1/s1. The van der Waals surface area contributed by atoms with E-state index in [0.29, 0.717) is 17.3 Å². The third-order valence-corrected chi connectivity index (χ3v) is 9.47. The predicted molar refractivity (Wildman–Crippen MR) is 155 cm³/mol. The number of hydrogen-bond donors (Lipinski definition) is 3. The molecule has 2 fully saturated rings. The average molecular weight is 701 g/mol. The van der Waals surface area contributed by atoms with Gasteiger partial charge in [0, 0.05) is 18.9 Å². The summed E-state index contributed by atoms with van der Waals surface area (Å²) in [5, 5.41) is 19.6. The van der Waals surface area contributed by atoms with Gasteiger partial charge in [-0.2, -0.15) is 5.10 Å². The maximum atomic E-state index is 14.0. The van der Waals surface area contributed by atoms with E-state index in [1.807, 2.05) is 12.2 Å². The van der Waals surface area contributed by atoms with Gasteiger partial charge in [-0.1, -0.05) is 25.0 Å². The van der Waals surface area contributed by atoms with Gasteiger partial charge in [-0.15, -0.1) is 0 Å². The van der Waals surface area contributed by atoms with E-state index in [4.69, 9.17) is 4.74 Å². The molecule has 41 heavy (non-hydrogen) atoms. The number of alkyl carbamates (subject to hydrolysis) is 1. The molecular formula is C27H35Br2N5O7. The molecule has 3 heterocycles. The smallest absolute Gasteiger partial charge is 0.408 e. The molecule has 224 valence electrons. The van der Waals surface area contributed by atoms with Crippen LogP contribution in [0.4, 0.5) is 4.79 Å². The second-order valence-corrected chi connectivity index (χ2v) is 13.4. The van der Waals surface area contributed by atoms with Gasteiger partial charge in [0.05, 0.1) is 16.7 Å². The Bertz CT molecular complexity index is 1310. The highest BCUT2D eigenvalue weighted by Gasteiger charge is 2.61. The van der Waals surface area contributed by atoms with E-state index in [1.54, 1.807) is 20.8 Å². The Morgan fingerprint density at radius 1 is 1.20 bits per heavy atom. The van der Waals surface area contributed by atoms with Crippen LogP contribution in [0.1, 0.15) is 71.8 Å². The maximum absolute atomic E-state index is 14.0. The number of aliphatic carboxylic acids is 1. The van der Waals surface area contributed by atoms with Crippen molar-refractivity contribution in [2.24, 2.45) is 5.92 Å². The summed E-state index contributed by atoms with van der Waals surface area (Å²) in [6, 6.07) is -2.73. The molecule has 14 heteroatoms. The van der Waals surface area contributed by atoms with Crippen LogP contribution in [0.15, 0.2) is 32.1 Å². The number of ether oxygens (including phenoxy) is 1. The van der Waals surface area contributed by atoms with E-state index < -0.39 is 58.7 Å². The molecule has 5 atom stereocenters. The molecule has 0 bridgehead atoms. The number of carbonyl (C=O) groups is 4. The quantitative estimate of drug-likeness (QED) is 0.405. The van der Waals surface area contributed by atoms with Gasteiger partial charge in [-0.3, -0.25) is 14.4 Å². The number of carboxylic acids is 1. The fourth-order valence-corrected chi connectivity index (χ4v) is 5.93. The summed E-state index contributed by atoms with van der Waals surface area (Å²) in [4.78, 5) is 67.0. The first-order valence-corrected chi connectivity index (χ1v) is 15.3. The van der Waals surface area contributed by atoms with Crippen molar-refractivity contribution in [3.8, 4) is 0 Å². The minimum atomic E-state index is -1.45. The monoisotopic (exact) mass is 699 g/mol. The van der Waals surface area contributed by atoms with Gasteiger partial charge in [-0.25, -0.2) is 14.3 Å². The molecule has 4 rings (SSSR count). The number of carboxylic acid groups (broad SMARTS) is 1. The Kier molecular flexibility index (Phi) is 9.32. The Balaban J connectivity index is 1.69. The molecular weight excluding hydrogens is 666 g/mol. The molecule has 3 aliphatic rings. The van der Waals surface area contributed by atoms with Crippen molar-refractivity contribution in [2.45, 2.75) is 95.0 Å². The van der Waals surface area contributed by atoms with Crippen molar-refractivity contribution in [3.63, 3.8) is 0 Å². The summed E-state index contributed by atoms with van der Waals surface area (Å²) in [5.74, 6) is -2.64. The Morgan fingerprint density at radius 3 is 2.61 bits per heavy atom. The molecule has 2 aliphatic heterocycles. The van der Waals surface area contributed by atoms with Crippen LogP contribution < -0.4 is 16.2 Å². The molecule has 1 aromatic heterocycles. The average Bonchev–Trinajstić information content (AvgIpc) is 3.40. The first-order valence-electron chi connectivity index (χ1n) is 13.7. The zero-order valence-corrected chi connectivity index (χ0v) is 26.4. The van der Waals surface area contributed by atoms with Crippen molar-refractivity contribution in [1.82, 2.24) is 25.3 Å². The SMILES string of the molecule is CC(C)(C)OC(=O)N[C@H]1CCCCCC=CC2C[C@@]2(C(=O)O)NC(=O)[C@@H]2C[C@@H](n3ncc(Br)c(Br)c3=O)CN2C1=O. The molecule has 1 aliphatic carbocycles. The van der Waals surface area contributed by atoms with E-state index in [9.17, 15) is 29.1 Å². The molecule has 1 aromatic rings. The van der Waals surface area contributed by atoms with Crippen LogP contribution in [0, 0.1) is 5.92 Å². The number of carbonyl (C=O) groups excluding carboxylic acids is 3. The molecule has 3 N–H and O–H groups in total. The number of fused-ring (bicyclic) bond motifs is 2. The van der Waals surface area contributed by atoms with Crippen molar-refractivity contribution in [2.75, 3.05) is 6.54 Å². The third-order valence-electron chi connectivity index (χ3n) is 7.58. The van der Waals surface area contributed by atoms with Crippen LogP contribution in [0.2, 0.25) is 0 Å². The topological polar surface area (TPSA) is 160 Å². The highest BCUT2D eigenvalue weighted by atomic mass is 79.9. The van der Waals surface area contributed by atoms with Gasteiger partial charge >= 0.3 is 12.1 Å². The molecule has 0 spiro atoms. The molecule has 1 unspecified atom stereocenters. The summed E-state index contributed by atoms with van der Waals surface area (Å²) in [6.45, 7) is 5.12. The lowest BCUT2D eigenvalue weighted by Crippen LogP contribution is -2.56. The van der Waals surface area contributed by atoms with Crippen molar-refractivity contribution in [3.05, 3.63) is 37.6 Å². The fraction of sp³-hybridized carbons (Fsp3) is 0.630. The van der Waals surface area contributed by atoms with E-state index in [1.165, 1.54) is 15.8 Å². The van der Waals surface area contributed by atoms with Crippen molar-refractivity contribution < 1.29 is 29.0 Å². The predicted octanol–water partition coefficient (Wildman–Crippen LogP) is 3.28. The minimum absolute atomic E-state index is 0.0339. The summed E-state index contributed by atoms with van der Waals surface area (Å²) in [7, 11) is 0. The van der Waals surface area contributed by atoms with Crippen LogP contribution in [-0.2, 0) is 19.1 Å². The van der Waals surface area contributed by atoms with Crippen LogP contribution >= 0.6 is 31.9 Å². The van der Waals surface area contributed by atoms with Gasteiger partial charge in [0.2, 0.25) is 11.8 Å². The van der Waals surface area contributed by atoms with Gasteiger partial charge in [0.25, 0.3) is 5.56 Å².